The van der Waals surface area contributed by atoms with Crippen LogP contribution in [0.2, 0.25) is 0 Å². The Morgan fingerprint density at radius 3 is 2.50 bits per heavy atom. The van der Waals surface area contributed by atoms with Gasteiger partial charge in [0.15, 0.2) is 6.61 Å². The van der Waals surface area contributed by atoms with Crippen molar-refractivity contribution in [1.82, 2.24) is 4.90 Å². The number of carbonyl (C=O) groups excluding carboxylic acids is 3. The van der Waals surface area contributed by atoms with Crippen LogP contribution in [0, 0.1) is 0 Å². The molecule has 0 spiro atoms. The molecule has 3 rings (SSSR count). The van der Waals surface area contributed by atoms with Gasteiger partial charge in [0.1, 0.15) is 5.75 Å². The van der Waals surface area contributed by atoms with Crippen molar-refractivity contribution in [1.29, 1.82) is 0 Å². The van der Waals surface area contributed by atoms with Crippen molar-refractivity contribution in [3.8, 4) is 5.75 Å². The predicted molar refractivity (Wildman–Crippen MR) is 110 cm³/mol. The molecule has 28 heavy (non-hydrogen) atoms. The number of nitrogens with zero attached hydrogens (tertiary/aromatic N) is 1. The van der Waals surface area contributed by atoms with Crippen LogP contribution in [0.15, 0.2) is 72.2 Å². The van der Waals surface area contributed by atoms with Gasteiger partial charge in [0.25, 0.3) is 17.1 Å². The number of amides is 3. The number of imide groups is 1. The van der Waals surface area contributed by atoms with Crippen LogP contribution in [0.1, 0.15) is 5.56 Å². The summed E-state index contributed by atoms with van der Waals surface area (Å²) in [5.74, 6) is -0.0564. The third-order valence-electron chi connectivity index (χ3n) is 3.79. The summed E-state index contributed by atoms with van der Waals surface area (Å²) in [6.07, 6.45) is 3.17. The number of para-hydroxylation sites is 1. The van der Waals surface area contributed by atoms with Gasteiger partial charge >= 0.3 is 0 Å². The van der Waals surface area contributed by atoms with Crippen molar-refractivity contribution in [2.75, 3.05) is 18.5 Å². The number of rotatable bonds is 7. The summed E-state index contributed by atoms with van der Waals surface area (Å²) in [4.78, 5) is 37.4. The summed E-state index contributed by atoms with van der Waals surface area (Å²) >= 11 is 0.902. The lowest BCUT2D eigenvalue weighted by atomic mass is 10.2. The van der Waals surface area contributed by atoms with E-state index in [0.717, 1.165) is 22.2 Å². The van der Waals surface area contributed by atoms with Crippen LogP contribution in [-0.2, 0) is 9.59 Å². The fraction of sp³-hybridized carbons (Fsp3) is 0.0952. The lowest BCUT2D eigenvalue weighted by Crippen LogP contribution is -2.27. The highest BCUT2D eigenvalue weighted by Crippen LogP contribution is 2.32. The zero-order valence-corrected chi connectivity index (χ0v) is 15.8. The molecule has 142 valence electrons. The number of ether oxygens (including phenoxy) is 1. The lowest BCUT2D eigenvalue weighted by Gasteiger charge is -2.08. The van der Waals surface area contributed by atoms with Gasteiger partial charge in [-0.1, -0.05) is 36.4 Å². The first kappa shape index (κ1) is 19.4. The van der Waals surface area contributed by atoms with Gasteiger partial charge in [0.05, 0.1) is 4.91 Å². The van der Waals surface area contributed by atoms with E-state index in [-0.39, 0.29) is 30.2 Å². The maximum Gasteiger partial charge on any atom is 0.293 e. The van der Waals surface area contributed by atoms with Crippen LogP contribution in [-0.4, -0.2) is 35.1 Å². The Morgan fingerprint density at radius 2 is 1.82 bits per heavy atom. The summed E-state index contributed by atoms with van der Waals surface area (Å²) < 4.78 is 5.47. The highest BCUT2D eigenvalue weighted by molar-refractivity contribution is 8.18. The first-order valence-corrected chi connectivity index (χ1v) is 9.32. The molecule has 1 aliphatic heterocycles. The monoisotopic (exact) mass is 394 g/mol. The van der Waals surface area contributed by atoms with Gasteiger partial charge in [-0.25, -0.2) is 0 Å². The molecule has 0 atom stereocenters. The van der Waals surface area contributed by atoms with E-state index in [1.807, 2.05) is 18.2 Å². The minimum Gasteiger partial charge on any atom is -0.484 e. The molecule has 1 heterocycles. The summed E-state index contributed by atoms with van der Waals surface area (Å²) in [7, 11) is 0. The van der Waals surface area contributed by atoms with Gasteiger partial charge < -0.3 is 10.1 Å². The van der Waals surface area contributed by atoms with Crippen LogP contribution >= 0.6 is 11.8 Å². The largest absolute Gasteiger partial charge is 0.484 e. The Balaban J connectivity index is 1.56. The molecule has 2 aromatic rings. The van der Waals surface area contributed by atoms with Crippen LogP contribution in [0.5, 0.6) is 5.75 Å². The molecule has 0 aromatic heterocycles. The van der Waals surface area contributed by atoms with Crippen LogP contribution < -0.4 is 10.1 Å². The lowest BCUT2D eigenvalue weighted by molar-refractivity contribution is -0.122. The molecule has 0 radical (unpaired) electrons. The number of nitrogens with one attached hydrogen (secondary N) is 1. The summed E-state index contributed by atoms with van der Waals surface area (Å²) in [5.41, 5.74) is 1.46. The topological polar surface area (TPSA) is 75.7 Å². The number of thioether (sulfide) groups is 1. The number of hydrogen-bond donors (Lipinski definition) is 1. The Bertz CT molecular complexity index is 923. The van der Waals surface area contributed by atoms with Crippen LogP contribution in [0.25, 0.3) is 6.08 Å². The molecule has 0 aliphatic carbocycles. The second kappa shape index (κ2) is 9.05. The van der Waals surface area contributed by atoms with Crippen molar-refractivity contribution < 1.29 is 19.1 Å². The average molecular weight is 394 g/mol. The number of carbonyl (C=O) groups is 3. The number of benzene rings is 2. The van der Waals surface area contributed by atoms with Crippen molar-refractivity contribution >= 4 is 40.6 Å². The maximum absolute atomic E-state index is 12.2. The molecule has 6 nitrogen and oxygen atoms in total. The van der Waals surface area contributed by atoms with Crippen LogP contribution in [0.4, 0.5) is 10.5 Å². The second-order valence-electron chi connectivity index (χ2n) is 5.85. The zero-order valence-electron chi connectivity index (χ0n) is 15.0. The molecule has 3 amide bonds. The van der Waals surface area contributed by atoms with Crippen molar-refractivity contribution in [3.63, 3.8) is 0 Å². The standard InChI is InChI=1S/C21H18N2O4S/c1-2-12-23-20(25)18(28-21(23)26)13-15-8-10-17(11-9-15)27-14-19(24)22-16-6-4-3-5-7-16/h2-11,13H,1,12,14H2,(H,22,24)/b18-13-. The van der Waals surface area contributed by atoms with E-state index in [1.165, 1.54) is 6.08 Å². The van der Waals surface area contributed by atoms with Gasteiger partial charge in [-0.05, 0) is 47.7 Å². The average Bonchev–Trinajstić information content (AvgIpc) is 2.96. The molecule has 7 heteroatoms. The first-order chi connectivity index (χ1) is 13.6. The Morgan fingerprint density at radius 1 is 1.11 bits per heavy atom. The van der Waals surface area contributed by atoms with Crippen molar-refractivity contribution in [2.45, 2.75) is 0 Å². The molecule has 0 bridgehead atoms. The third-order valence-corrected chi connectivity index (χ3v) is 4.70. The Labute approximate surface area is 166 Å². The number of anilines is 1. The molecule has 1 fully saturated rings. The Hall–Kier alpha value is -3.32. The Kier molecular flexibility index (Phi) is 6.29. The summed E-state index contributed by atoms with van der Waals surface area (Å²) in [6, 6.07) is 16.0. The van der Waals surface area contributed by atoms with Gasteiger partial charge in [-0.3, -0.25) is 19.3 Å². The maximum atomic E-state index is 12.2. The normalized spacial score (nSPS) is 15.0. The van der Waals surface area contributed by atoms with E-state index in [1.54, 1.807) is 42.5 Å². The molecular weight excluding hydrogens is 376 g/mol. The van der Waals surface area contributed by atoms with E-state index in [4.69, 9.17) is 4.74 Å². The zero-order chi connectivity index (χ0) is 19.9. The summed E-state index contributed by atoms with van der Waals surface area (Å²) in [6.45, 7) is 3.63. The molecule has 0 saturated carbocycles. The fourth-order valence-electron chi connectivity index (χ4n) is 2.47. The molecule has 0 unspecified atom stereocenters. The smallest absolute Gasteiger partial charge is 0.293 e. The predicted octanol–water partition coefficient (Wildman–Crippen LogP) is 3.93. The van der Waals surface area contributed by atoms with Crippen LogP contribution in [0.3, 0.4) is 0 Å². The fourth-order valence-corrected chi connectivity index (χ4v) is 3.31. The van der Waals surface area contributed by atoms with E-state index in [2.05, 4.69) is 11.9 Å². The number of hydrogen-bond acceptors (Lipinski definition) is 5. The SMILES string of the molecule is C=CCN1C(=O)S/C(=C\c2ccc(OCC(=O)Nc3ccccc3)cc2)C1=O. The second-order valence-corrected chi connectivity index (χ2v) is 6.85. The van der Waals surface area contributed by atoms with Gasteiger partial charge in [0, 0.05) is 12.2 Å². The molecule has 1 saturated heterocycles. The minimum atomic E-state index is -0.326. The molecular formula is C21H18N2O4S. The van der Waals surface area contributed by atoms with Gasteiger partial charge in [0.2, 0.25) is 0 Å². The van der Waals surface area contributed by atoms with E-state index < -0.39 is 0 Å². The van der Waals surface area contributed by atoms with Crippen molar-refractivity contribution in [2.24, 2.45) is 0 Å². The minimum absolute atomic E-state index is 0.116. The van der Waals surface area contributed by atoms with E-state index in [9.17, 15) is 14.4 Å². The summed E-state index contributed by atoms with van der Waals surface area (Å²) in [5, 5.41) is 2.43. The van der Waals surface area contributed by atoms with Gasteiger partial charge in [-0.15, -0.1) is 6.58 Å². The highest BCUT2D eigenvalue weighted by atomic mass is 32.2. The molecule has 2 aromatic carbocycles. The highest BCUT2D eigenvalue weighted by Gasteiger charge is 2.33. The quantitative estimate of drug-likeness (QED) is 0.569. The third kappa shape index (κ3) is 4.89. The van der Waals surface area contributed by atoms with Crippen molar-refractivity contribution in [3.05, 3.63) is 77.7 Å². The van der Waals surface area contributed by atoms with E-state index >= 15 is 0 Å². The first-order valence-electron chi connectivity index (χ1n) is 8.51. The van der Waals surface area contributed by atoms with E-state index in [0.29, 0.717) is 16.3 Å². The van der Waals surface area contributed by atoms with Gasteiger partial charge in [-0.2, -0.15) is 0 Å². The molecule has 1 aliphatic rings. The molecule has 1 N–H and O–H groups in total.